The molecule has 0 atom stereocenters. The van der Waals surface area contributed by atoms with Crippen molar-refractivity contribution in [3.8, 4) is 16.9 Å². The summed E-state index contributed by atoms with van der Waals surface area (Å²) in [4.78, 5) is 11.3. The van der Waals surface area contributed by atoms with E-state index in [4.69, 9.17) is 4.74 Å². The van der Waals surface area contributed by atoms with Gasteiger partial charge >= 0.3 is 5.97 Å². The van der Waals surface area contributed by atoms with Crippen LogP contribution in [0.2, 0.25) is 0 Å². The summed E-state index contributed by atoms with van der Waals surface area (Å²) in [5.74, 6) is -0.104. The topological polar surface area (TPSA) is 58.6 Å². The molecule has 4 heteroatoms. The highest BCUT2D eigenvalue weighted by atomic mass is 16.5. The van der Waals surface area contributed by atoms with Crippen LogP contribution >= 0.6 is 0 Å². The lowest BCUT2D eigenvalue weighted by molar-refractivity contribution is -0.132. The maximum Gasteiger partial charge on any atom is 0.331 e. The second kappa shape index (κ2) is 9.66. The molecule has 0 aliphatic rings. The Bertz CT molecular complexity index is 781. The Morgan fingerprint density at radius 1 is 1.19 bits per heavy atom. The van der Waals surface area contributed by atoms with Crippen LogP contribution in [-0.2, 0) is 4.79 Å². The number of benzene rings is 2. The molecule has 2 aromatic carbocycles. The maximum absolute atomic E-state index is 11.3. The van der Waals surface area contributed by atoms with Gasteiger partial charge in [-0.25, -0.2) is 4.79 Å². The number of ether oxygens (including phenoxy) is 1. The van der Waals surface area contributed by atoms with Gasteiger partial charge in [-0.3, -0.25) is 0 Å². The maximum atomic E-state index is 11.3. The van der Waals surface area contributed by atoms with E-state index in [9.17, 15) is 9.90 Å². The molecule has 138 valence electrons. The number of hydrogen-bond donors (Lipinski definition) is 2. The third kappa shape index (κ3) is 5.12. The number of hydrogen-bond acceptors (Lipinski definition) is 3. The predicted octanol–water partition coefficient (Wildman–Crippen LogP) is 5.45. The van der Waals surface area contributed by atoms with E-state index in [2.05, 4.69) is 18.3 Å². The quantitative estimate of drug-likeness (QED) is 0.465. The van der Waals surface area contributed by atoms with Crippen molar-refractivity contribution in [2.45, 2.75) is 33.1 Å². The molecule has 0 aliphatic carbocycles. The molecule has 0 bridgehead atoms. The largest absolute Gasteiger partial charge is 0.493 e. The van der Waals surface area contributed by atoms with Crippen LogP contribution in [0, 0.1) is 0 Å². The van der Waals surface area contributed by atoms with E-state index in [0.717, 1.165) is 41.0 Å². The minimum Gasteiger partial charge on any atom is -0.493 e. The highest BCUT2D eigenvalue weighted by molar-refractivity contribution is 5.92. The predicted molar refractivity (Wildman–Crippen MR) is 108 cm³/mol. The molecule has 2 rings (SSSR count). The first-order valence-electron chi connectivity index (χ1n) is 9.08. The number of carboxylic acids is 1. The molecule has 0 saturated heterocycles. The average molecular weight is 353 g/mol. The van der Waals surface area contributed by atoms with Gasteiger partial charge in [0.25, 0.3) is 0 Å². The number of unbranched alkanes of at least 4 members (excludes halogenated alkanes) is 1. The van der Waals surface area contributed by atoms with Crippen molar-refractivity contribution in [3.05, 3.63) is 53.6 Å². The van der Waals surface area contributed by atoms with Gasteiger partial charge in [-0.1, -0.05) is 44.5 Å². The summed E-state index contributed by atoms with van der Waals surface area (Å²) in [6, 6.07) is 14.0. The fourth-order valence-electron chi connectivity index (χ4n) is 2.67. The van der Waals surface area contributed by atoms with Crippen LogP contribution in [0.15, 0.2) is 48.0 Å². The zero-order valence-electron chi connectivity index (χ0n) is 15.7. The number of nitrogens with one attached hydrogen (secondary N) is 1. The highest BCUT2D eigenvalue weighted by Crippen LogP contribution is 2.33. The van der Waals surface area contributed by atoms with Crippen molar-refractivity contribution in [1.82, 2.24) is 0 Å². The minimum atomic E-state index is -0.883. The van der Waals surface area contributed by atoms with Crippen LogP contribution < -0.4 is 10.1 Å². The number of carboxylic acid groups (broad SMARTS) is 1. The van der Waals surface area contributed by atoms with Gasteiger partial charge < -0.3 is 15.2 Å². The number of aliphatic carboxylic acids is 1. The molecule has 2 N–H and O–H groups in total. The van der Waals surface area contributed by atoms with E-state index in [-0.39, 0.29) is 0 Å². The van der Waals surface area contributed by atoms with Crippen molar-refractivity contribution in [1.29, 1.82) is 0 Å². The van der Waals surface area contributed by atoms with Crippen LogP contribution in [0.5, 0.6) is 5.75 Å². The minimum absolute atomic E-state index is 0.384. The second-order valence-corrected chi connectivity index (χ2v) is 6.12. The van der Waals surface area contributed by atoms with E-state index in [1.165, 1.54) is 0 Å². The summed E-state index contributed by atoms with van der Waals surface area (Å²) in [7, 11) is 1.89. The van der Waals surface area contributed by atoms with Crippen LogP contribution in [0.1, 0.15) is 38.7 Å². The lowest BCUT2D eigenvalue weighted by Crippen LogP contribution is -2.00. The molecule has 0 amide bonds. The first kappa shape index (κ1) is 19.6. The molecule has 0 saturated carbocycles. The third-order valence-electron chi connectivity index (χ3n) is 4.22. The molecule has 0 aromatic heterocycles. The Balaban J connectivity index is 2.45. The van der Waals surface area contributed by atoms with E-state index >= 15 is 0 Å². The molecule has 0 unspecified atom stereocenters. The first-order chi connectivity index (χ1) is 12.6. The van der Waals surface area contributed by atoms with Crippen molar-refractivity contribution >= 4 is 17.7 Å². The Labute approximate surface area is 155 Å². The zero-order valence-corrected chi connectivity index (χ0v) is 15.7. The van der Waals surface area contributed by atoms with Gasteiger partial charge in [0.15, 0.2) is 0 Å². The molecular weight excluding hydrogens is 326 g/mol. The molecule has 0 fully saturated rings. The van der Waals surface area contributed by atoms with E-state index in [0.29, 0.717) is 18.6 Å². The SMILES string of the molecule is CCCCOc1cc(/C=C(/CC)C(=O)O)ccc1-c1cccc(NC)c1. The molecule has 0 spiro atoms. The molecule has 0 radical (unpaired) electrons. The fourth-order valence-corrected chi connectivity index (χ4v) is 2.67. The Morgan fingerprint density at radius 2 is 2.00 bits per heavy atom. The van der Waals surface area contributed by atoms with Crippen LogP contribution in [0.25, 0.3) is 17.2 Å². The molecule has 2 aromatic rings. The Hall–Kier alpha value is -2.75. The monoisotopic (exact) mass is 353 g/mol. The molecule has 26 heavy (non-hydrogen) atoms. The fraction of sp³-hybridized carbons (Fsp3) is 0.318. The molecule has 0 heterocycles. The van der Waals surface area contributed by atoms with E-state index in [1.54, 1.807) is 6.08 Å². The lowest BCUT2D eigenvalue weighted by Gasteiger charge is -2.14. The van der Waals surface area contributed by atoms with Crippen molar-refractivity contribution in [2.75, 3.05) is 19.0 Å². The normalized spacial score (nSPS) is 11.3. The standard InChI is InChI=1S/C22H27NO3/c1-4-6-12-26-21-14-16(13-17(5-2)22(24)25)10-11-20(21)18-8-7-9-19(15-18)23-3/h7-11,13-15,23H,4-6,12H2,1-3H3,(H,24,25)/b17-13-. The molecular formula is C22H27NO3. The summed E-state index contributed by atoms with van der Waals surface area (Å²) in [6.07, 6.45) is 4.23. The molecule has 0 aliphatic heterocycles. The van der Waals surface area contributed by atoms with Crippen LogP contribution in [0.4, 0.5) is 5.69 Å². The van der Waals surface area contributed by atoms with Gasteiger partial charge in [0, 0.05) is 23.9 Å². The van der Waals surface area contributed by atoms with Gasteiger partial charge in [-0.15, -0.1) is 0 Å². The van der Waals surface area contributed by atoms with Gasteiger partial charge in [-0.2, -0.15) is 0 Å². The summed E-state index contributed by atoms with van der Waals surface area (Å²) in [5.41, 5.74) is 4.32. The summed E-state index contributed by atoms with van der Waals surface area (Å²) < 4.78 is 6.02. The molecule has 4 nitrogen and oxygen atoms in total. The van der Waals surface area contributed by atoms with Crippen LogP contribution in [-0.4, -0.2) is 24.7 Å². The first-order valence-corrected chi connectivity index (χ1v) is 9.08. The summed E-state index contributed by atoms with van der Waals surface area (Å²) in [5, 5.41) is 12.4. The lowest BCUT2D eigenvalue weighted by atomic mass is 10.0. The van der Waals surface area contributed by atoms with Crippen molar-refractivity contribution < 1.29 is 14.6 Å². The van der Waals surface area contributed by atoms with Gasteiger partial charge in [0.1, 0.15) is 5.75 Å². The number of anilines is 1. The van der Waals surface area contributed by atoms with E-state index < -0.39 is 5.97 Å². The van der Waals surface area contributed by atoms with Crippen LogP contribution in [0.3, 0.4) is 0 Å². The number of rotatable bonds is 9. The van der Waals surface area contributed by atoms with E-state index in [1.807, 2.05) is 50.4 Å². The Morgan fingerprint density at radius 3 is 2.65 bits per heavy atom. The van der Waals surface area contributed by atoms with Gasteiger partial charge in [-0.05, 0) is 48.2 Å². The second-order valence-electron chi connectivity index (χ2n) is 6.12. The zero-order chi connectivity index (χ0) is 18.9. The van der Waals surface area contributed by atoms with Gasteiger partial charge in [0.05, 0.1) is 6.61 Å². The third-order valence-corrected chi connectivity index (χ3v) is 4.22. The van der Waals surface area contributed by atoms with Crippen molar-refractivity contribution in [3.63, 3.8) is 0 Å². The van der Waals surface area contributed by atoms with Gasteiger partial charge in [0.2, 0.25) is 0 Å². The Kier molecular flexibility index (Phi) is 7.27. The smallest absolute Gasteiger partial charge is 0.331 e. The van der Waals surface area contributed by atoms with Crippen molar-refractivity contribution in [2.24, 2.45) is 0 Å². The average Bonchev–Trinajstić information content (AvgIpc) is 2.66. The highest BCUT2D eigenvalue weighted by Gasteiger charge is 2.10. The summed E-state index contributed by atoms with van der Waals surface area (Å²) in [6.45, 7) is 4.61. The summed E-state index contributed by atoms with van der Waals surface area (Å²) >= 11 is 0. The number of carbonyl (C=O) groups is 1.